The molecule has 1 aromatic carbocycles. The molecular weight excluding hydrogens is 368 g/mol. The number of rotatable bonds is 6. The fourth-order valence-corrected chi connectivity index (χ4v) is 2.71. The Bertz CT molecular complexity index is 802. The molecule has 0 aromatic heterocycles. The van der Waals surface area contributed by atoms with E-state index in [1.807, 2.05) is 6.07 Å². The summed E-state index contributed by atoms with van der Waals surface area (Å²) in [6, 6.07) is 4.20. The normalized spacial score (nSPS) is 12.8. The third kappa shape index (κ3) is 7.08. The van der Waals surface area contributed by atoms with Crippen LogP contribution in [0.5, 0.6) is 5.75 Å². The monoisotopic (exact) mass is 402 g/mol. The summed E-state index contributed by atoms with van der Waals surface area (Å²) in [6.45, 7) is 14.7. The Morgan fingerprint density at radius 1 is 0.966 bits per heavy atom. The lowest BCUT2D eigenvalue weighted by Gasteiger charge is -2.29. The first kappa shape index (κ1) is 24.5. The van der Waals surface area contributed by atoms with E-state index < -0.39 is 5.97 Å². The maximum Gasteiger partial charge on any atom is 0.333 e. The second-order valence-corrected chi connectivity index (χ2v) is 9.00. The summed E-state index contributed by atoms with van der Waals surface area (Å²) in [5.74, 6) is -0.141. The fourth-order valence-electron chi connectivity index (χ4n) is 2.71. The van der Waals surface area contributed by atoms with Gasteiger partial charge >= 0.3 is 11.9 Å². The number of ether oxygens (including phenoxy) is 3. The van der Waals surface area contributed by atoms with E-state index in [1.165, 1.54) is 20.3 Å². The number of hydrogen-bond acceptors (Lipinski definition) is 5. The summed E-state index contributed by atoms with van der Waals surface area (Å²) in [7, 11) is 2.69. The number of carbonyl (C=O) groups is 2. The van der Waals surface area contributed by atoms with Gasteiger partial charge in [0.1, 0.15) is 12.4 Å². The lowest BCUT2D eigenvalue weighted by molar-refractivity contribution is -0.136. The third-order valence-electron chi connectivity index (χ3n) is 4.45. The topological polar surface area (TPSA) is 61.8 Å². The zero-order valence-corrected chi connectivity index (χ0v) is 19.1. The molecule has 0 unspecified atom stereocenters. The van der Waals surface area contributed by atoms with Crippen LogP contribution in [0.15, 0.2) is 29.9 Å². The average molecular weight is 403 g/mol. The fraction of sp³-hybridized carbons (Fsp3) is 0.500. The van der Waals surface area contributed by atoms with Crippen molar-refractivity contribution in [1.82, 2.24) is 0 Å². The van der Waals surface area contributed by atoms with Gasteiger partial charge in [-0.15, -0.1) is 0 Å². The van der Waals surface area contributed by atoms with E-state index >= 15 is 0 Å². The first-order valence-electron chi connectivity index (χ1n) is 9.64. The highest BCUT2D eigenvalue weighted by Gasteiger charge is 2.26. The van der Waals surface area contributed by atoms with E-state index in [0.29, 0.717) is 11.3 Å². The van der Waals surface area contributed by atoms with Crippen molar-refractivity contribution in [2.24, 2.45) is 0 Å². The molecule has 0 aliphatic carbocycles. The number of carbonyl (C=O) groups excluding carboxylic acids is 2. The summed E-state index contributed by atoms with van der Waals surface area (Å²) in [4.78, 5) is 23.3. The van der Waals surface area contributed by atoms with Crippen molar-refractivity contribution < 1.29 is 23.8 Å². The average Bonchev–Trinajstić information content (AvgIpc) is 2.62. The van der Waals surface area contributed by atoms with Crippen molar-refractivity contribution >= 4 is 18.0 Å². The van der Waals surface area contributed by atoms with Crippen LogP contribution in [0.1, 0.15) is 65.2 Å². The quantitative estimate of drug-likeness (QED) is 0.497. The zero-order valence-electron chi connectivity index (χ0n) is 19.1. The van der Waals surface area contributed by atoms with E-state index in [2.05, 4.69) is 52.3 Å². The molecule has 0 fully saturated rings. The van der Waals surface area contributed by atoms with Crippen LogP contribution in [-0.2, 0) is 29.9 Å². The summed E-state index contributed by atoms with van der Waals surface area (Å²) < 4.78 is 15.5. The molecule has 0 atom stereocenters. The highest BCUT2D eigenvalue weighted by Crippen LogP contribution is 2.39. The van der Waals surface area contributed by atoms with Crippen LogP contribution < -0.4 is 4.74 Å². The smallest absolute Gasteiger partial charge is 0.333 e. The SMILES string of the molecule is COC(=O)/C=C/COc1c(/C=C(\C)C(=O)OC)cc(C(C)(C)C)cc1C(C)(C)C. The Kier molecular flexibility index (Phi) is 8.25. The summed E-state index contributed by atoms with van der Waals surface area (Å²) in [6.07, 6.45) is 4.72. The van der Waals surface area contributed by atoms with Crippen LogP contribution in [0.2, 0.25) is 0 Å². The molecule has 1 rings (SSSR count). The van der Waals surface area contributed by atoms with Gasteiger partial charge in [-0.25, -0.2) is 9.59 Å². The molecule has 0 saturated heterocycles. The minimum atomic E-state index is -0.436. The molecule has 1 aromatic rings. The van der Waals surface area contributed by atoms with Crippen LogP contribution in [0.25, 0.3) is 6.08 Å². The Hall–Kier alpha value is -2.56. The van der Waals surface area contributed by atoms with Gasteiger partial charge in [-0.2, -0.15) is 0 Å². The standard InChI is InChI=1S/C24H34O5/c1-16(22(26)28-9)13-17-14-18(23(2,3)4)15-19(24(5,6)7)21(17)29-12-10-11-20(25)27-8/h10-11,13-15H,12H2,1-9H3/b11-10+,16-13+. The second kappa shape index (κ2) is 9.77. The highest BCUT2D eigenvalue weighted by atomic mass is 16.5. The van der Waals surface area contributed by atoms with Crippen molar-refractivity contribution in [3.8, 4) is 5.75 Å². The van der Waals surface area contributed by atoms with Gasteiger partial charge in [0.15, 0.2) is 0 Å². The lowest BCUT2D eigenvalue weighted by atomic mass is 9.78. The van der Waals surface area contributed by atoms with Gasteiger partial charge in [0.2, 0.25) is 0 Å². The molecular formula is C24H34O5. The second-order valence-electron chi connectivity index (χ2n) is 9.00. The molecule has 5 heteroatoms. The van der Waals surface area contributed by atoms with E-state index in [9.17, 15) is 9.59 Å². The van der Waals surface area contributed by atoms with Crippen molar-refractivity contribution in [3.63, 3.8) is 0 Å². The lowest BCUT2D eigenvalue weighted by Crippen LogP contribution is -2.19. The Morgan fingerprint density at radius 2 is 1.59 bits per heavy atom. The van der Waals surface area contributed by atoms with Crippen LogP contribution in [-0.4, -0.2) is 32.8 Å². The first-order chi connectivity index (χ1) is 13.3. The van der Waals surface area contributed by atoms with Crippen LogP contribution >= 0.6 is 0 Å². The molecule has 5 nitrogen and oxygen atoms in total. The summed E-state index contributed by atoms with van der Waals surface area (Å²) in [5.41, 5.74) is 3.18. The first-order valence-corrected chi connectivity index (χ1v) is 9.64. The molecule has 0 amide bonds. The van der Waals surface area contributed by atoms with Crippen molar-refractivity contribution in [2.75, 3.05) is 20.8 Å². The van der Waals surface area contributed by atoms with Gasteiger partial charge in [-0.05, 0) is 41.5 Å². The molecule has 0 heterocycles. The Morgan fingerprint density at radius 3 is 2.07 bits per heavy atom. The largest absolute Gasteiger partial charge is 0.489 e. The zero-order chi connectivity index (χ0) is 22.4. The van der Waals surface area contributed by atoms with Gasteiger partial charge in [-0.1, -0.05) is 47.6 Å². The Balaban J connectivity index is 3.60. The molecule has 160 valence electrons. The molecule has 0 aliphatic rings. The van der Waals surface area contributed by atoms with Gasteiger partial charge in [0.05, 0.1) is 14.2 Å². The molecule has 0 radical (unpaired) electrons. The van der Waals surface area contributed by atoms with Gasteiger partial charge in [0.25, 0.3) is 0 Å². The van der Waals surface area contributed by atoms with Gasteiger partial charge in [0, 0.05) is 22.8 Å². The van der Waals surface area contributed by atoms with Crippen molar-refractivity contribution in [3.05, 3.63) is 46.5 Å². The number of hydrogen-bond donors (Lipinski definition) is 0. The van der Waals surface area contributed by atoms with Crippen molar-refractivity contribution in [2.45, 2.75) is 59.3 Å². The van der Waals surface area contributed by atoms with Gasteiger partial charge in [-0.3, -0.25) is 0 Å². The van der Waals surface area contributed by atoms with E-state index in [4.69, 9.17) is 9.47 Å². The van der Waals surface area contributed by atoms with Crippen LogP contribution in [0, 0.1) is 0 Å². The molecule has 0 saturated carbocycles. The Labute approximate surface area is 174 Å². The molecule has 29 heavy (non-hydrogen) atoms. The summed E-state index contributed by atoms with van der Waals surface area (Å²) in [5, 5.41) is 0. The number of benzene rings is 1. The van der Waals surface area contributed by atoms with Crippen molar-refractivity contribution in [1.29, 1.82) is 0 Å². The van der Waals surface area contributed by atoms with Crippen LogP contribution in [0.4, 0.5) is 0 Å². The van der Waals surface area contributed by atoms with Gasteiger partial charge < -0.3 is 14.2 Å². The van der Waals surface area contributed by atoms with E-state index in [1.54, 1.807) is 19.1 Å². The predicted octanol–water partition coefficient (Wildman–Crippen LogP) is 4.97. The minimum absolute atomic E-state index is 0.0783. The number of methoxy groups -OCH3 is 2. The number of esters is 2. The van der Waals surface area contributed by atoms with Crippen LogP contribution in [0.3, 0.4) is 0 Å². The highest BCUT2D eigenvalue weighted by molar-refractivity contribution is 5.93. The maximum atomic E-state index is 12.0. The minimum Gasteiger partial charge on any atom is -0.489 e. The molecule has 0 aliphatic heterocycles. The maximum absolute atomic E-state index is 12.0. The summed E-state index contributed by atoms with van der Waals surface area (Å²) >= 11 is 0. The molecule has 0 spiro atoms. The predicted molar refractivity (Wildman–Crippen MR) is 116 cm³/mol. The van der Waals surface area contributed by atoms with E-state index in [-0.39, 0.29) is 23.4 Å². The molecule has 0 bridgehead atoms. The molecule has 0 N–H and O–H groups in total. The van der Waals surface area contributed by atoms with E-state index in [0.717, 1.165) is 16.7 Å². The third-order valence-corrected chi connectivity index (χ3v) is 4.45.